The Balaban J connectivity index is 2.33. The fourth-order valence-electron chi connectivity index (χ4n) is 2.11. The summed E-state index contributed by atoms with van der Waals surface area (Å²) in [6.45, 7) is 1.80. The molecular weight excluding hydrogens is 228 g/mol. The van der Waals surface area contributed by atoms with Gasteiger partial charge in [0.25, 0.3) is 0 Å². The van der Waals surface area contributed by atoms with E-state index in [1.54, 1.807) is 11.9 Å². The average Bonchev–Trinajstić information content (AvgIpc) is 2.83. The summed E-state index contributed by atoms with van der Waals surface area (Å²) < 4.78 is 0. The molecule has 0 saturated heterocycles. The predicted molar refractivity (Wildman–Crippen MR) is 72.6 cm³/mol. The summed E-state index contributed by atoms with van der Waals surface area (Å²) in [5.41, 5.74) is 1.85. The van der Waals surface area contributed by atoms with Crippen molar-refractivity contribution in [2.75, 3.05) is 18.6 Å². The Kier molecular flexibility index (Phi) is 3.67. The van der Waals surface area contributed by atoms with Crippen LogP contribution in [0.3, 0.4) is 0 Å². The largest absolute Gasteiger partial charge is 0.396 e. The summed E-state index contributed by atoms with van der Waals surface area (Å²) in [5, 5.41) is 10.2. The lowest BCUT2D eigenvalue weighted by atomic mass is 10.1. The molecule has 18 heavy (non-hydrogen) atoms. The molecule has 0 bridgehead atoms. The van der Waals surface area contributed by atoms with Gasteiger partial charge in [-0.25, -0.2) is 0 Å². The second-order valence-corrected chi connectivity index (χ2v) is 4.40. The van der Waals surface area contributed by atoms with Crippen molar-refractivity contribution in [2.45, 2.75) is 13.3 Å². The number of carbonyl (C=O) groups is 1. The minimum absolute atomic E-state index is 0.0512. The number of benzene rings is 1. The summed E-state index contributed by atoms with van der Waals surface area (Å²) in [5.74, 6) is -0.381. The van der Waals surface area contributed by atoms with Gasteiger partial charge in [-0.05, 0) is 12.5 Å². The Morgan fingerprint density at radius 3 is 2.83 bits per heavy atom. The number of aliphatic hydroxyl groups excluding tert-OH is 1. The highest BCUT2D eigenvalue weighted by Gasteiger charge is 2.22. The number of anilines is 1. The molecule has 0 saturated carbocycles. The van der Waals surface area contributed by atoms with Crippen molar-refractivity contribution < 1.29 is 9.90 Å². The molecule has 0 aliphatic carbocycles. The number of hydrogen-bond acceptors (Lipinski definition) is 2. The minimum atomic E-state index is -0.330. The second kappa shape index (κ2) is 5.23. The maximum Gasteiger partial charge on any atom is 0.232 e. The van der Waals surface area contributed by atoms with E-state index in [0.717, 1.165) is 16.6 Å². The maximum atomic E-state index is 12.2. The van der Waals surface area contributed by atoms with Crippen LogP contribution in [-0.2, 0) is 4.79 Å². The van der Waals surface area contributed by atoms with Crippen molar-refractivity contribution in [3.05, 3.63) is 30.5 Å². The molecule has 96 valence electrons. The molecule has 0 spiro atoms. The first-order valence-electron chi connectivity index (χ1n) is 6.13. The van der Waals surface area contributed by atoms with Crippen LogP contribution in [0.4, 0.5) is 5.69 Å². The number of aromatic amines is 1. The monoisotopic (exact) mass is 246 g/mol. The van der Waals surface area contributed by atoms with Crippen molar-refractivity contribution in [3.63, 3.8) is 0 Å². The fraction of sp³-hybridized carbons (Fsp3) is 0.357. The zero-order valence-electron chi connectivity index (χ0n) is 10.7. The van der Waals surface area contributed by atoms with Crippen LogP contribution in [0.15, 0.2) is 30.5 Å². The van der Waals surface area contributed by atoms with Crippen molar-refractivity contribution >= 4 is 22.5 Å². The number of para-hydroxylation sites is 1. The summed E-state index contributed by atoms with van der Waals surface area (Å²) >= 11 is 0. The molecule has 2 rings (SSSR count). The van der Waals surface area contributed by atoms with Crippen molar-refractivity contribution in [2.24, 2.45) is 5.92 Å². The number of aliphatic hydroxyl groups is 1. The third kappa shape index (κ3) is 2.11. The van der Waals surface area contributed by atoms with E-state index < -0.39 is 0 Å². The molecule has 1 heterocycles. The number of amides is 1. The number of H-pyrrole nitrogens is 1. The molecule has 0 aliphatic rings. The zero-order valence-corrected chi connectivity index (χ0v) is 10.7. The molecule has 0 radical (unpaired) electrons. The van der Waals surface area contributed by atoms with E-state index in [2.05, 4.69) is 4.98 Å². The van der Waals surface area contributed by atoms with Crippen molar-refractivity contribution in [1.82, 2.24) is 4.98 Å². The molecule has 2 aromatic rings. The van der Waals surface area contributed by atoms with Crippen LogP contribution in [-0.4, -0.2) is 29.7 Å². The van der Waals surface area contributed by atoms with Gasteiger partial charge in [-0.15, -0.1) is 0 Å². The number of nitrogens with zero attached hydrogens (tertiary/aromatic N) is 1. The lowest BCUT2D eigenvalue weighted by molar-refractivity contribution is -0.123. The first kappa shape index (κ1) is 12.6. The van der Waals surface area contributed by atoms with Crippen LogP contribution in [0, 0.1) is 5.92 Å². The van der Waals surface area contributed by atoms with Gasteiger partial charge in [-0.3, -0.25) is 4.79 Å². The molecule has 0 fully saturated rings. The zero-order chi connectivity index (χ0) is 13.1. The quantitative estimate of drug-likeness (QED) is 0.868. The van der Waals surface area contributed by atoms with Crippen molar-refractivity contribution in [3.8, 4) is 0 Å². The summed E-state index contributed by atoms with van der Waals surface area (Å²) in [7, 11) is 1.75. The Morgan fingerprint density at radius 2 is 2.17 bits per heavy atom. The van der Waals surface area contributed by atoms with Gasteiger partial charge in [0.15, 0.2) is 0 Å². The van der Waals surface area contributed by atoms with Gasteiger partial charge in [-0.2, -0.15) is 0 Å². The normalized spacial score (nSPS) is 12.6. The number of nitrogens with one attached hydrogen (secondary N) is 1. The fourth-order valence-corrected chi connectivity index (χ4v) is 2.11. The van der Waals surface area contributed by atoms with Gasteiger partial charge < -0.3 is 15.0 Å². The van der Waals surface area contributed by atoms with Crippen LogP contribution in [0.5, 0.6) is 0 Å². The maximum absolute atomic E-state index is 12.2. The molecule has 1 atom stereocenters. The highest BCUT2D eigenvalue weighted by atomic mass is 16.3. The topological polar surface area (TPSA) is 56.3 Å². The van der Waals surface area contributed by atoms with Crippen LogP contribution in [0.1, 0.15) is 13.3 Å². The van der Waals surface area contributed by atoms with E-state index in [1.807, 2.05) is 37.4 Å². The Hall–Kier alpha value is -1.81. The van der Waals surface area contributed by atoms with Gasteiger partial charge in [0.2, 0.25) is 5.91 Å². The van der Waals surface area contributed by atoms with Crippen LogP contribution < -0.4 is 4.90 Å². The Labute approximate surface area is 106 Å². The van der Waals surface area contributed by atoms with Crippen molar-refractivity contribution in [1.29, 1.82) is 0 Å². The smallest absolute Gasteiger partial charge is 0.232 e. The van der Waals surface area contributed by atoms with Gasteiger partial charge >= 0.3 is 0 Å². The number of rotatable bonds is 4. The molecule has 1 amide bonds. The third-order valence-corrected chi connectivity index (χ3v) is 3.32. The van der Waals surface area contributed by atoms with E-state index >= 15 is 0 Å². The minimum Gasteiger partial charge on any atom is -0.396 e. The molecule has 1 unspecified atom stereocenters. The van der Waals surface area contributed by atoms with Gasteiger partial charge in [0, 0.05) is 24.1 Å². The molecule has 1 aromatic heterocycles. The van der Waals surface area contributed by atoms with E-state index in [1.165, 1.54) is 0 Å². The molecule has 2 N–H and O–H groups in total. The van der Waals surface area contributed by atoms with E-state index in [0.29, 0.717) is 6.42 Å². The molecule has 0 aliphatic heterocycles. The molecule has 4 nitrogen and oxygen atoms in total. The molecule has 4 heteroatoms. The van der Waals surface area contributed by atoms with E-state index in [9.17, 15) is 9.90 Å². The lowest BCUT2D eigenvalue weighted by Crippen LogP contribution is -2.34. The van der Waals surface area contributed by atoms with Gasteiger partial charge in [-0.1, -0.05) is 25.1 Å². The third-order valence-electron chi connectivity index (χ3n) is 3.32. The summed E-state index contributed by atoms with van der Waals surface area (Å²) in [6, 6.07) is 7.85. The highest BCUT2D eigenvalue weighted by molar-refractivity contribution is 6.03. The van der Waals surface area contributed by atoms with E-state index in [-0.39, 0.29) is 18.4 Å². The van der Waals surface area contributed by atoms with Crippen LogP contribution >= 0.6 is 0 Å². The standard InChI is InChI=1S/C14H18N2O2/c1-3-10(9-17)14(18)16(2)13-8-15-12-7-5-4-6-11(12)13/h4-8,10,15,17H,3,9H2,1-2H3. The number of aromatic nitrogens is 1. The first-order valence-corrected chi connectivity index (χ1v) is 6.13. The van der Waals surface area contributed by atoms with Gasteiger partial charge in [0.1, 0.15) is 0 Å². The Bertz CT molecular complexity index is 543. The van der Waals surface area contributed by atoms with Gasteiger partial charge in [0.05, 0.1) is 18.2 Å². The van der Waals surface area contributed by atoms with Crippen LogP contribution in [0.2, 0.25) is 0 Å². The Morgan fingerprint density at radius 1 is 1.44 bits per heavy atom. The number of hydrogen-bond donors (Lipinski definition) is 2. The first-order chi connectivity index (χ1) is 8.69. The average molecular weight is 246 g/mol. The highest BCUT2D eigenvalue weighted by Crippen LogP contribution is 2.26. The predicted octanol–water partition coefficient (Wildman–Crippen LogP) is 2.15. The summed E-state index contributed by atoms with van der Waals surface area (Å²) in [4.78, 5) is 17.0. The molecular formula is C14H18N2O2. The lowest BCUT2D eigenvalue weighted by Gasteiger charge is -2.21. The summed E-state index contributed by atoms with van der Waals surface area (Å²) in [6.07, 6.45) is 2.47. The number of fused-ring (bicyclic) bond motifs is 1. The molecule has 1 aromatic carbocycles. The number of carbonyl (C=O) groups excluding carboxylic acids is 1. The van der Waals surface area contributed by atoms with E-state index in [4.69, 9.17) is 0 Å². The SMILES string of the molecule is CCC(CO)C(=O)N(C)c1c[nH]c2ccccc12. The second-order valence-electron chi connectivity index (χ2n) is 4.40. The van der Waals surface area contributed by atoms with Crippen LogP contribution in [0.25, 0.3) is 10.9 Å².